The van der Waals surface area contributed by atoms with Crippen molar-refractivity contribution >= 4 is 34.6 Å². The van der Waals surface area contributed by atoms with Crippen LogP contribution in [0.3, 0.4) is 0 Å². The molecule has 0 radical (unpaired) electrons. The van der Waals surface area contributed by atoms with Crippen LogP contribution >= 0.6 is 11.8 Å². The van der Waals surface area contributed by atoms with Gasteiger partial charge in [0.25, 0.3) is 5.91 Å². The van der Waals surface area contributed by atoms with Crippen molar-refractivity contribution in [3.63, 3.8) is 0 Å². The van der Waals surface area contributed by atoms with Crippen LogP contribution in [0.2, 0.25) is 0 Å². The number of amidine groups is 1. The van der Waals surface area contributed by atoms with Crippen molar-refractivity contribution in [2.45, 2.75) is 26.7 Å². The number of phenols is 1. The first-order valence-corrected chi connectivity index (χ1v) is 10.6. The number of amides is 1. The van der Waals surface area contributed by atoms with Gasteiger partial charge in [0.15, 0.2) is 16.7 Å². The number of phenolic OH excluding ortho intramolecular Hbond substituents is 1. The summed E-state index contributed by atoms with van der Waals surface area (Å²) in [5.41, 5.74) is 2.20. The van der Waals surface area contributed by atoms with Gasteiger partial charge >= 0.3 is 0 Å². The molecule has 1 N–H and O–H groups in total. The van der Waals surface area contributed by atoms with E-state index in [1.807, 2.05) is 31.2 Å². The molecule has 1 aliphatic heterocycles. The van der Waals surface area contributed by atoms with Gasteiger partial charge in [0.05, 0.1) is 18.6 Å². The van der Waals surface area contributed by atoms with Crippen LogP contribution < -0.4 is 9.47 Å². The van der Waals surface area contributed by atoms with Crippen LogP contribution in [0.4, 0.5) is 5.69 Å². The Balaban J connectivity index is 1.83. The van der Waals surface area contributed by atoms with Crippen LogP contribution in [0, 0.1) is 6.92 Å². The number of likely N-dealkylation sites (N-methyl/N-ethyl adjacent to an activating group) is 1. The van der Waals surface area contributed by atoms with Crippen LogP contribution in [-0.4, -0.2) is 41.8 Å². The Labute approximate surface area is 181 Å². The molecule has 0 spiro atoms. The quantitative estimate of drug-likeness (QED) is 0.491. The molecule has 0 aliphatic carbocycles. The van der Waals surface area contributed by atoms with Crippen molar-refractivity contribution in [3.05, 3.63) is 52.4 Å². The minimum Gasteiger partial charge on any atom is -0.506 e. The predicted molar refractivity (Wildman–Crippen MR) is 122 cm³/mol. The van der Waals surface area contributed by atoms with Gasteiger partial charge in [-0.2, -0.15) is 0 Å². The summed E-state index contributed by atoms with van der Waals surface area (Å²) in [4.78, 5) is 19.2. The second kappa shape index (κ2) is 9.71. The van der Waals surface area contributed by atoms with E-state index in [2.05, 4.69) is 11.9 Å². The Bertz CT molecular complexity index is 1000. The number of thioether (sulfide) groups is 1. The predicted octanol–water partition coefficient (Wildman–Crippen LogP) is 5.12. The monoisotopic (exact) mass is 426 g/mol. The van der Waals surface area contributed by atoms with Crippen molar-refractivity contribution in [1.82, 2.24) is 4.90 Å². The van der Waals surface area contributed by atoms with E-state index in [9.17, 15) is 9.90 Å². The fourth-order valence-electron chi connectivity index (χ4n) is 2.85. The third-order valence-electron chi connectivity index (χ3n) is 4.59. The highest BCUT2D eigenvalue weighted by Gasteiger charge is 2.30. The van der Waals surface area contributed by atoms with Crippen molar-refractivity contribution in [2.75, 3.05) is 20.8 Å². The zero-order chi connectivity index (χ0) is 21.7. The van der Waals surface area contributed by atoms with Gasteiger partial charge in [-0.1, -0.05) is 25.5 Å². The first-order valence-electron chi connectivity index (χ1n) is 9.79. The highest BCUT2D eigenvalue weighted by atomic mass is 32.2. The molecule has 1 heterocycles. The van der Waals surface area contributed by atoms with Crippen molar-refractivity contribution < 1.29 is 19.4 Å². The molecule has 0 saturated carbocycles. The van der Waals surface area contributed by atoms with Gasteiger partial charge in [-0.05, 0) is 66.6 Å². The lowest BCUT2D eigenvalue weighted by atomic mass is 10.2. The van der Waals surface area contributed by atoms with Crippen molar-refractivity contribution in [1.29, 1.82) is 0 Å². The molecular formula is C23H26N2O4S. The van der Waals surface area contributed by atoms with E-state index in [1.165, 1.54) is 16.7 Å². The number of ether oxygens (including phenoxy) is 2. The molecule has 1 aliphatic rings. The zero-order valence-corrected chi connectivity index (χ0v) is 18.5. The van der Waals surface area contributed by atoms with Gasteiger partial charge < -0.3 is 14.6 Å². The number of carbonyl (C=O) groups excluding carboxylic acids is 1. The third kappa shape index (κ3) is 4.97. The lowest BCUT2D eigenvalue weighted by Gasteiger charge is -2.11. The second-order valence-corrected chi connectivity index (χ2v) is 7.98. The SMILES string of the molecule is CCCCOc1ccc(/C=C2\SC(=Nc3ccc(C)cc3O)N(C)C2=O)cc1OC. The average Bonchev–Trinajstić information content (AvgIpc) is 2.99. The smallest absolute Gasteiger partial charge is 0.266 e. The number of rotatable bonds is 7. The topological polar surface area (TPSA) is 71.4 Å². The molecule has 7 heteroatoms. The van der Waals surface area contributed by atoms with Gasteiger partial charge in [0.1, 0.15) is 11.4 Å². The Morgan fingerprint density at radius 1 is 1.20 bits per heavy atom. The molecule has 2 aromatic rings. The summed E-state index contributed by atoms with van der Waals surface area (Å²) in [6.45, 7) is 4.64. The van der Waals surface area contributed by atoms with E-state index in [0.29, 0.717) is 33.9 Å². The van der Waals surface area contributed by atoms with Crippen LogP contribution in [0.5, 0.6) is 17.2 Å². The molecule has 0 aromatic heterocycles. The maximum absolute atomic E-state index is 12.7. The van der Waals surface area contributed by atoms with Gasteiger partial charge in [-0.15, -0.1) is 0 Å². The lowest BCUT2D eigenvalue weighted by Crippen LogP contribution is -2.23. The summed E-state index contributed by atoms with van der Waals surface area (Å²) >= 11 is 1.27. The summed E-state index contributed by atoms with van der Waals surface area (Å²) in [7, 11) is 3.27. The Kier molecular flexibility index (Phi) is 7.05. The van der Waals surface area contributed by atoms with E-state index < -0.39 is 0 Å². The van der Waals surface area contributed by atoms with Crippen LogP contribution in [-0.2, 0) is 4.79 Å². The first-order chi connectivity index (χ1) is 14.4. The van der Waals surface area contributed by atoms with E-state index in [4.69, 9.17) is 9.47 Å². The molecule has 1 fully saturated rings. The second-order valence-electron chi connectivity index (χ2n) is 6.97. The largest absolute Gasteiger partial charge is 0.506 e. The molecule has 6 nitrogen and oxygen atoms in total. The standard InChI is InChI=1S/C23H26N2O4S/c1-5-6-11-29-19-10-8-16(13-20(19)28-4)14-21-22(27)25(3)23(30-21)24-17-9-7-15(2)12-18(17)26/h7-10,12-14,26H,5-6,11H2,1-4H3/b21-14-,24-23?. The number of aromatic hydroxyl groups is 1. The minimum atomic E-state index is -0.146. The highest BCUT2D eigenvalue weighted by molar-refractivity contribution is 8.18. The number of hydrogen-bond donors (Lipinski definition) is 1. The number of unbranched alkanes of at least 4 members (excludes halogenated alkanes) is 1. The number of aryl methyl sites for hydroxylation is 1. The Hall–Kier alpha value is -2.93. The minimum absolute atomic E-state index is 0.0878. The van der Waals surface area contributed by atoms with Gasteiger partial charge in [0, 0.05) is 7.05 Å². The maximum Gasteiger partial charge on any atom is 0.266 e. The Morgan fingerprint density at radius 2 is 2.00 bits per heavy atom. The maximum atomic E-state index is 12.7. The molecule has 1 amide bonds. The number of hydrogen-bond acceptors (Lipinski definition) is 6. The first kappa shape index (κ1) is 21.8. The molecule has 3 rings (SSSR count). The number of nitrogens with zero attached hydrogens (tertiary/aromatic N) is 2. The number of aliphatic imine (C=N–C) groups is 1. The van der Waals surface area contributed by atoms with Gasteiger partial charge in [0.2, 0.25) is 0 Å². The molecule has 2 aromatic carbocycles. The molecule has 0 bridgehead atoms. The summed E-state index contributed by atoms with van der Waals surface area (Å²) in [6.07, 6.45) is 3.84. The van der Waals surface area contributed by atoms with Crippen LogP contribution in [0.1, 0.15) is 30.9 Å². The van der Waals surface area contributed by atoms with Gasteiger partial charge in [-0.3, -0.25) is 9.69 Å². The average molecular weight is 427 g/mol. The summed E-state index contributed by atoms with van der Waals surface area (Å²) in [5, 5.41) is 10.6. The summed E-state index contributed by atoms with van der Waals surface area (Å²) in [5.74, 6) is 1.26. The number of benzene rings is 2. The normalized spacial score (nSPS) is 16.5. The van der Waals surface area contributed by atoms with E-state index in [0.717, 1.165) is 24.0 Å². The van der Waals surface area contributed by atoms with E-state index in [-0.39, 0.29) is 11.7 Å². The number of carbonyl (C=O) groups is 1. The lowest BCUT2D eigenvalue weighted by molar-refractivity contribution is -0.121. The molecule has 30 heavy (non-hydrogen) atoms. The van der Waals surface area contributed by atoms with Crippen LogP contribution in [0.15, 0.2) is 46.3 Å². The van der Waals surface area contributed by atoms with Crippen molar-refractivity contribution in [3.8, 4) is 17.2 Å². The van der Waals surface area contributed by atoms with E-state index >= 15 is 0 Å². The number of methoxy groups -OCH3 is 1. The molecule has 0 unspecified atom stereocenters. The molecule has 1 saturated heterocycles. The third-order valence-corrected chi connectivity index (χ3v) is 5.65. The van der Waals surface area contributed by atoms with Crippen molar-refractivity contribution in [2.24, 2.45) is 4.99 Å². The summed E-state index contributed by atoms with van der Waals surface area (Å²) < 4.78 is 11.2. The van der Waals surface area contributed by atoms with Gasteiger partial charge in [-0.25, -0.2) is 4.99 Å². The molecular weight excluding hydrogens is 400 g/mol. The Morgan fingerprint density at radius 3 is 2.70 bits per heavy atom. The zero-order valence-electron chi connectivity index (χ0n) is 17.6. The molecule has 0 atom stereocenters. The van der Waals surface area contributed by atoms with E-state index in [1.54, 1.807) is 32.4 Å². The summed E-state index contributed by atoms with van der Waals surface area (Å²) in [6, 6.07) is 10.9. The fraction of sp³-hybridized carbons (Fsp3) is 0.304. The molecule has 158 valence electrons. The van der Waals surface area contributed by atoms with Crippen LogP contribution in [0.25, 0.3) is 6.08 Å². The fourth-order valence-corrected chi connectivity index (χ4v) is 3.83. The highest BCUT2D eigenvalue weighted by Crippen LogP contribution is 2.36.